The third-order valence-electron chi connectivity index (χ3n) is 3.37. The first kappa shape index (κ1) is 17.8. The molecule has 0 atom stereocenters. The largest absolute Gasteiger partial charge is 0.464 e. The number of hydrazone groups is 1. The number of benzene rings is 1. The molecule has 1 N–H and O–H groups in total. The van der Waals surface area contributed by atoms with Crippen LogP contribution < -0.4 is 15.1 Å². The number of hydrogen-bond acceptors (Lipinski definition) is 8. The van der Waals surface area contributed by atoms with E-state index in [1.54, 1.807) is 6.21 Å². The second-order valence-corrected chi connectivity index (χ2v) is 6.57. The van der Waals surface area contributed by atoms with Crippen molar-refractivity contribution in [1.82, 2.24) is 14.2 Å². The molecular formula is C15H16BrN5O3S. The normalized spacial score (nSPS) is 14.7. The van der Waals surface area contributed by atoms with Crippen LogP contribution in [0.3, 0.4) is 0 Å². The van der Waals surface area contributed by atoms with Gasteiger partial charge in [-0.25, -0.2) is 5.43 Å². The minimum absolute atomic E-state index is 0.180. The van der Waals surface area contributed by atoms with Crippen molar-refractivity contribution >= 4 is 45.6 Å². The van der Waals surface area contributed by atoms with Crippen LogP contribution in [0.1, 0.15) is 5.56 Å². The summed E-state index contributed by atoms with van der Waals surface area (Å²) in [5, 5.41) is 3.90. The van der Waals surface area contributed by atoms with Crippen LogP contribution in [0.15, 0.2) is 33.8 Å². The fourth-order valence-corrected chi connectivity index (χ4v) is 2.91. The minimum Gasteiger partial charge on any atom is -0.464 e. The van der Waals surface area contributed by atoms with Gasteiger partial charge in [0, 0.05) is 17.6 Å². The van der Waals surface area contributed by atoms with Crippen LogP contribution in [0, 0.1) is 0 Å². The Morgan fingerprint density at radius 3 is 2.88 bits per heavy atom. The predicted molar refractivity (Wildman–Crippen MR) is 98.3 cm³/mol. The van der Waals surface area contributed by atoms with E-state index in [-0.39, 0.29) is 12.5 Å². The standard InChI is InChI=1S/C15H16BrN5O3S/c16-12-3-1-11(2-4-12)9-17-18-13(22)10-24-15-14(19-25-20-15)21-5-7-23-8-6-21/h1-4,9H,5-8,10H2,(H,18,22)/b17-9-. The molecule has 1 amide bonds. The van der Waals surface area contributed by atoms with Gasteiger partial charge in [-0.15, -0.1) is 4.37 Å². The topological polar surface area (TPSA) is 88.9 Å². The van der Waals surface area contributed by atoms with Crippen molar-refractivity contribution in [1.29, 1.82) is 0 Å². The Balaban J connectivity index is 1.48. The lowest BCUT2D eigenvalue weighted by Gasteiger charge is -2.26. The molecule has 132 valence electrons. The summed E-state index contributed by atoms with van der Waals surface area (Å²) in [7, 11) is 0. The monoisotopic (exact) mass is 425 g/mol. The van der Waals surface area contributed by atoms with Crippen molar-refractivity contribution in [2.24, 2.45) is 5.10 Å². The SMILES string of the molecule is O=C(COc1nsnc1N1CCOCC1)N/N=C\c1ccc(Br)cc1. The first-order valence-corrected chi connectivity index (χ1v) is 9.10. The molecule has 10 heteroatoms. The zero-order chi connectivity index (χ0) is 17.5. The highest BCUT2D eigenvalue weighted by atomic mass is 79.9. The van der Waals surface area contributed by atoms with E-state index >= 15 is 0 Å². The Morgan fingerprint density at radius 1 is 1.36 bits per heavy atom. The van der Waals surface area contributed by atoms with Crippen LogP contribution in [0.4, 0.5) is 5.82 Å². The number of rotatable bonds is 6. The molecule has 8 nitrogen and oxygen atoms in total. The molecule has 0 saturated carbocycles. The highest BCUT2D eigenvalue weighted by Gasteiger charge is 2.20. The molecule has 0 bridgehead atoms. The molecule has 0 spiro atoms. The fraction of sp³-hybridized carbons (Fsp3) is 0.333. The van der Waals surface area contributed by atoms with Gasteiger partial charge in [0.15, 0.2) is 6.61 Å². The number of hydrogen-bond donors (Lipinski definition) is 1. The number of nitrogens with zero attached hydrogens (tertiary/aromatic N) is 4. The van der Waals surface area contributed by atoms with Crippen molar-refractivity contribution in [3.63, 3.8) is 0 Å². The van der Waals surface area contributed by atoms with E-state index in [1.165, 1.54) is 0 Å². The van der Waals surface area contributed by atoms with E-state index in [1.807, 2.05) is 29.2 Å². The first-order valence-electron chi connectivity index (χ1n) is 7.58. The molecule has 0 aliphatic carbocycles. The van der Waals surface area contributed by atoms with Crippen LogP contribution in [-0.4, -0.2) is 53.8 Å². The number of carbonyl (C=O) groups excluding carboxylic acids is 1. The lowest BCUT2D eigenvalue weighted by atomic mass is 10.2. The highest BCUT2D eigenvalue weighted by molar-refractivity contribution is 9.10. The van der Waals surface area contributed by atoms with Gasteiger partial charge in [0.05, 0.1) is 31.2 Å². The summed E-state index contributed by atoms with van der Waals surface area (Å²) in [6.07, 6.45) is 1.56. The van der Waals surface area contributed by atoms with Crippen LogP contribution in [0.25, 0.3) is 0 Å². The van der Waals surface area contributed by atoms with Gasteiger partial charge in [0.2, 0.25) is 5.82 Å². The maximum absolute atomic E-state index is 11.8. The van der Waals surface area contributed by atoms with E-state index in [0.717, 1.165) is 34.9 Å². The van der Waals surface area contributed by atoms with Gasteiger partial charge in [0.1, 0.15) is 0 Å². The van der Waals surface area contributed by atoms with Crippen molar-refractivity contribution in [2.75, 3.05) is 37.8 Å². The maximum atomic E-state index is 11.8. The van der Waals surface area contributed by atoms with Crippen molar-refractivity contribution in [2.45, 2.75) is 0 Å². The third-order valence-corrected chi connectivity index (χ3v) is 4.40. The van der Waals surface area contributed by atoms with Gasteiger partial charge in [-0.2, -0.15) is 9.47 Å². The molecule has 2 aromatic rings. The number of aromatic nitrogens is 2. The van der Waals surface area contributed by atoms with E-state index in [0.29, 0.717) is 24.9 Å². The molecule has 1 aliphatic rings. The summed E-state index contributed by atoms with van der Waals surface area (Å²) in [5.41, 5.74) is 3.30. The Morgan fingerprint density at radius 2 is 2.12 bits per heavy atom. The number of amides is 1. The summed E-state index contributed by atoms with van der Waals surface area (Å²) in [6, 6.07) is 7.56. The fourth-order valence-electron chi connectivity index (χ4n) is 2.13. The Hall–Kier alpha value is -2.04. The minimum atomic E-state index is -0.366. The zero-order valence-electron chi connectivity index (χ0n) is 13.2. The summed E-state index contributed by atoms with van der Waals surface area (Å²) in [6.45, 7) is 2.56. The van der Waals surface area contributed by atoms with Crippen LogP contribution in [0.5, 0.6) is 5.88 Å². The van der Waals surface area contributed by atoms with Gasteiger partial charge >= 0.3 is 0 Å². The second kappa shape index (κ2) is 8.88. The van der Waals surface area contributed by atoms with E-state index in [9.17, 15) is 4.79 Å². The molecule has 0 unspecified atom stereocenters. The smallest absolute Gasteiger partial charge is 0.278 e. The van der Waals surface area contributed by atoms with Gasteiger partial charge in [-0.3, -0.25) is 4.79 Å². The first-order chi connectivity index (χ1) is 12.2. The quantitative estimate of drug-likeness (QED) is 0.559. The van der Waals surface area contributed by atoms with Gasteiger partial charge in [-0.05, 0) is 17.7 Å². The highest BCUT2D eigenvalue weighted by Crippen LogP contribution is 2.26. The Kier molecular flexibility index (Phi) is 6.31. The lowest BCUT2D eigenvalue weighted by molar-refractivity contribution is -0.123. The lowest BCUT2D eigenvalue weighted by Crippen LogP contribution is -2.36. The second-order valence-electron chi connectivity index (χ2n) is 5.13. The van der Waals surface area contributed by atoms with E-state index in [4.69, 9.17) is 9.47 Å². The summed E-state index contributed by atoms with van der Waals surface area (Å²) >= 11 is 4.41. The third kappa shape index (κ3) is 5.21. The number of halogens is 1. The molecule has 1 fully saturated rings. The molecule has 1 aromatic heterocycles. The average Bonchev–Trinajstić information content (AvgIpc) is 3.11. The van der Waals surface area contributed by atoms with Crippen molar-refractivity contribution < 1.29 is 14.3 Å². The van der Waals surface area contributed by atoms with Crippen LogP contribution >= 0.6 is 27.7 Å². The van der Waals surface area contributed by atoms with Gasteiger partial charge in [0.25, 0.3) is 11.8 Å². The molecule has 1 aliphatic heterocycles. The van der Waals surface area contributed by atoms with Gasteiger partial charge in [-0.1, -0.05) is 28.1 Å². The Labute approximate surface area is 157 Å². The molecule has 25 heavy (non-hydrogen) atoms. The zero-order valence-corrected chi connectivity index (χ0v) is 15.6. The van der Waals surface area contributed by atoms with Crippen molar-refractivity contribution in [3.05, 3.63) is 34.3 Å². The average molecular weight is 426 g/mol. The summed E-state index contributed by atoms with van der Waals surface area (Å²) in [4.78, 5) is 13.9. The Bertz CT molecular complexity index is 731. The number of anilines is 1. The molecular weight excluding hydrogens is 410 g/mol. The molecule has 1 saturated heterocycles. The van der Waals surface area contributed by atoms with E-state index < -0.39 is 0 Å². The summed E-state index contributed by atoms with van der Waals surface area (Å²) in [5.74, 6) is 0.646. The van der Waals surface area contributed by atoms with Crippen molar-refractivity contribution in [3.8, 4) is 5.88 Å². The number of ether oxygens (including phenoxy) is 2. The molecule has 0 radical (unpaired) electrons. The van der Waals surface area contributed by atoms with Crippen LogP contribution in [-0.2, 0) is 9.53 Å². The number of nitrogens with one attached hydrogen (secondary N) is 1. The number of morpholine rings is 1. The number of carbonyl (C=O) groups is 1. The van der Waals surface area contributed by atoms with Crippen LogP contribution in [0.2, 0.25) is 0 Å². The summed E-state index contributed by atoms with van der Waals surface area (Å²) < 4.78 is 20.1. The maximum Gasteiger partial charge on any atom is 0.278 e. The predicted octanol–water partition coefficient (Wildman–Crippen LogP) is 1.67. The van der Waals surface area contributed by atoms with Gasteiger partial charge < -0.3 is 14.4 Å². The molecule has 3 rings (SSSR count). The molecule has 1 aromatic carbocycles. The molecule has 2 heterocycles. The van der Waals surface area contributed by atoms with E-state index in [2.05, 4.69) is 35.2 Å².